The lowest BCUT2D eigenvalue weighted by atomic mass is 10.0. The SMILES string of the molecule is C=CC(=O)NC(C)C(=O)N1CCCCC1C. The van der Waals surface area contributed by atoms with Crippen LogP contribution in [0.3, 0.4) is 0 Å². The van der Waals surface area contributed by atoms with Crippen molar-refractivity contribution in [2.45, 2.75) is 45.2 Å². The standard InChI is InChI=1S/C12H20N2O2/c1-4-11(15)13-10(3)12(16)14-8-6-5-7-9(14)2/h4,9-10H,1,5-8H2,2-3H3,(H,13,15). The molecule has 0 spiro atoms. The highest BCUT2D eigenvalue weighted by Gasteiger charge is 2.27. The van der Waals surface area contributed by atoms with E-state index < -0.39 is 6.04 Å². The molecule has 1 N–H and O–H groups in total. The summed E-state index contributed by atoms with van der Waals surface area (Å²) in [6.45, 7) is 7.93. The van der Waals surface area contributed by atoms with E-state index in [-0.39, 0.29) is 17.9 Å². The van der Waals surface area contributed by atoms with Gasteiger partial charge in [0.25, 0.3) is 0 Å². The molecule has 0 aromatic carbocycles. The van der Waals surface area contributed by atoms with Crippen LogP contribution in [0.1, 0.15) is 33.1 Å². The summed E-state index contributed by atoms with van der Waals surface area (Å²) in [6.07, 6.45) is 4.47. The molecule has 1 heterocycles. The Labute approximate surface area is 96.7 Å². The molecule has 1 fully saturated rings. The molecule has 1 saturated heterocycles. The third-order valence-electron chi connectivity index (χ3n) is 3.00. The monoisotopic (exact) mass is 224 g/mol. The molecule has 0 aliphatic carbocycles. The van der Waals surface area contributed by atoms with Gasteiger partial charge < -0.3 is 10.2 Å². The molecule has 2 amide bonds. The van der Waals surface area contributed by atoms with Crippen LogP contribution in [0.4, 0.5) is 0 Å². The minimum absolute atomic E-state index is 0.00222. The molecule has 0 radical (unpaired) electrons. The van der Waals surface area contributed by atoms with Crippen LogP contribution < -0.4 is 5.32 Å². The van der Waals surface area contributed by atoms with E-state index in [9.17, 15) is 9.59 Å². The highest BCUT2D eigenvalue weighted by Crippen LogP contribution is 2.17. The number of hydrogen-bond acceptors (Lipinski definition) is 2. The van der Waals surface area contributed by atoms with Gasteiger partial charge in [0.1, 0.15) is 6.04 Å². The topological polar surface area (TPSA) is 49.4 Å². The first-order valence-electron chi connectivity index (χ1n) is 5.79. The second kappa shape index (κ2) is 5.68. The van der Waals surface area contributed by atoms with Crippen LogP contribution in [0.5, 0.6) is 0 Å². The Balaban J connectivity index is 2.54. The van der Waals surface area contributed by atoms with Crippen LogP contribution in [0, 0.1) is 0 Å². The predicted molar refractivity (Wildman–Crippen MR) is 62.8 cm³/mol. The van der Waals surface area contributed by atoms with Gasteiger partial charge in [-0.1, -0.05) is 6.58 Å². The fourth-order valence-corrected chi connectivity index (χ4v) is 2.01. The summed E-state index contributed by atoms with van der Waals surface area (Å²) in [7, 11) is 0. The van der Waals surface area contributed by atoms with Gasteiger partial charge in [0, 0.05) is 12.6 Å². The van der Waals surface area contributed by atoms with E-state index in [0.29, 0.717) is 0 Å². The summed E-state index contributed by atoms with van der Waals surface area (Å²) >= 11 is 0. The van der Waals surface area contributed by atoms with Crippen LogP contribution in [0.25, 0.3) is 0 Å². The zero-order chi connectivity index (χ0) is 12.1. The summed E-state index contributed by atoms with van der Waals surface area (Å²) in [4.78, 5) is 25.0. The lowest BCUT2D eigenvalue weighted by Crippen LogP contribution is -2.51. The largest absolute Gasteiger partial charge is 0.341 e. The molecular formula is C12H20N2O2. The lowest BCUT2D eigenvalue weighted by Gasteiger charge is -2.35. The number of nitrogens with one attached hydrogen (secondary N) is 1. The van der Waals surface area contributed by atoms with Crippen LogP contribution in [0.2, 0.25) is 0 Å². The van der Waals surface area contributed by atoms with Gasteiger partial charge in [-0.25, -0.2) is 0 Å². The molecule has 4 heteroatoms. The van der Waals surface area contributed by atoms with Crippen LogP contribution in [0.15, 0.2) is 12.7 Å². The van der Waals surface area contributed by atoms with Crippen LogP contribution in [-0.2, 0) is 9.59 Å². The number of piperidine rings is 1. The summed E-state index contributed by atoms with van der Waals surface area (Å²) in [5.41, 5.74) is 0. The second-order valence-corrected chi connectivity index (χ2v) is 4.31. The van der Waals surface area contributed by atoms with Gasteiger partial charge in [0.15, 0.2) is 0 Å². The van der Waals surface area contributed by atoms with Gasteiger partial charge in [-0.2, -0.15) is 0 Å². The Morgan fingerprint density at radius 2 is 2.19 bits per heavy atom. The summed E-state index contributed by atoms with van der Waals surface area (Å²) in [5.74, 6) is -0.298. The highest BCUT2D eigenvalue weighted by atomic mass is 16.2. The normalized spacial score (nSPS) is 22.4. The van der Waals surface area contributed by atoms with Crippen molar-refractivity contribution >= 4 is 11.8 Å². The quantitative estimate of drug-likeness (QED) is 0.729. The molecule has 2 unspecified atom stereocenters. The van der Waals surface area contributed by atoms with E-state index >= 15 is 0 Å². The smallest absolute Gasteiger partial charge is 0.245 e. The molecule has 4 nitrogen and oxygen atoms in total. The molecule has 1 aliphatic heterocycles. The molecule has 0 aromatic rings. The molecule has 90 valence electrons. The van der Waals surface area contributed by atoms with Gasteiger partial charge in [-0.15, -0.1) is 0 Å². The first-order valence-corrected chi connectivity index (χ1v) is 5.79. The number of hydrogen-bond donors (Lipinski definition) is 1. The number of likely N-dealkylation sites (tertiary alicyclic amines) is 1. The van der Waals surface area contributed by atoms with Crippen molar-refractivity contribution in [1.82, 2.24) is 10.2 Å². The molecule has 0 aromatic heterocycles. The van der Waals surface area contributed by atoms with Gasteiger partial charge in [-0.3, -0.25) is 9.59 Å². The summed E-state index contributed by atoms with van der Waals surface area (Å²) in [5, 5.41) is 2.60. The molecule has 1 aliphatic rings. The van der Waals surface area contributed by atoms with E-state index in [1.807, 2.05) is 4.90 Å². The molecule has 16 heavy (non-hydrogen) atoms. The minimum Gasteiger partial charge on any atom is -0.341 e. The number of nitrogens with zero attached hydrogens (tertiary/aromatic N) is 1. The molecule has 0 bridgehead atoms. The first kappa shape index (κ1) is 12.7. The Morgan fingerprint density at radius 3 is 2.75 bits per heavy atom. The highest BCUT2D eigenvalue weighted by molar-refractivity contribution is 5.92. The zero-order valence-corrected chi connectivity index (χ0v) is 10.0. The van der Waals surface area contributed by atoms with Crippen molar-refractivity contribution in [3.05, 3.63) is 12.7 Å². The van der Waals surface area contributed by atoms with Crippen molar-refractivity contribution in [1.29, 1.82) is 0 Å². The van der Waals surface area contributed by atoms with E-state index in [1.54, 1.807) is 6.92 Å². The average Bonchev–Trinajstić information content (AvgIpc) is 2.28. The zero-order valence-electron chi connectivity index (χ0n) is 10.0. The Hall–Kier alpha value is -1.32. The predicted octanol–water partition coefficient (Wildman–Crippen LogP) is 1.08. The van der Waals surface area contributed by atoms with E-state index in [4.69, 9.17) is 0 Å². The van der Waals surface area contributed by atoms with Gasteiger partial charge in [0.05, 0.1) is 0 Å². The maximum Gasteiger partial charge on any atom is 0.245 e. The number of amides is 2. The van der Waals surface area contributed by atoms with Crippen molar-refractivity contribution in [3.8, 4) is 0 Å². The fraction of sp³-hybridized carbons (Fsp3) is 0.667. The minimum atomic E-state index is -0.467. The van der Waals surface area contributed by atoms with Crippen LogP contribution in [-0.4, -0.2) is 35.3 Å². The van der Waals surface area contributed by atoms with Crippen molar-refractivity contribution in [3.63, 3.8) is 0 Å². The molecule has 2 atom stereocenters. The number of carbonyl (C=O) groups is 2. The van der Waals surface area contributed by atoms with Crippen molar-refractivity contribution in [2.75, 3.05) is 6.54 Å². The van der Waals surface area contributed by atoms with E-state index in [0.717, 1.165) is 19.4 Å². The fourth-order valence-electron chi connectivity index (χ4n) is 2.01. The molecule has 0 saturated carbocycles. The number of rotatable bonds is 3. The Bertz CT molecular complexity index is 289. The maximum atomic E-state index is 12.0. The summed E-state index contributed by atoms with van der Waals surface area (Å²) < 4.78 is 0. The molecule has 1 rings (SSSR count). The average molecular weight is 224 g/mol. The Morgan fingerprint density at radius 1 is 1.50 bits per heavy atom. The Kier molecular flexibility index (Phi) is 4.52. The van der Waals surface area contributed by atoms with E-state index in [1.165, 1.54) is 12.5 Å². The van der Waals surface area contributed by atoms with Crippen molar-refractivity contribution in [2.24, 2.45) is 0 Å². The number of carbonyl (C=O) groups excluding carboxylic acids is 2. The lowest BCUT2D eigenvalue weighted by molar-refractivity contribution is -0.138. The van der Waals surface area contributed by atoms with E-state index in [2.05, 4.69) is 18.8 Å². The summed E-state index contributed by atoms with van der Waals surface area (Å²) in [6, 6.07) is -0.185. The van der Waals surface area contributed by atoms with Gasteiger partial charge in [0.2, 0.25) is 11.8 Å². The van der Waals surface area contributed by atoms with Crippen LogP contribution >= 0.6 is 0 Å². The first-order chi connectivity index (χ1) is 7.56. The third kappa shape index (κ3) is 3.08. The third-order valence-corrected chi connectivity index (χ3v) is 3.00. The van der Waals surface area contributed by atoms with Crippen molar-refractivity contribution < 1.29 is 9.59 Å². The van der Waals surface area contributed by atoms with Gasteiger partial charge >= 0.3 is 0 Å². The second-order valence-electron chi connectivity index (χ2n) is 4.31. The molecular weight excluding hydrogens is 204 g/mol. The maximum absolute atomic E-state index is 12.0. The van der Waals surface area contributed by atoms with Gasteiger partial charge in [-0.05, 0) is 39.2 Å².